The lowest BCUT2D eigenvalue weighted by atomic mass is 10.1. The molecule has 3 rings (SSSR count). The van der Waals surface area contributed by atoms with Crippen LogP contribution in [-0.2, 0) is 14.8 Å². The molecule has 0 unspecified atom stereocenters. The third-order valence-corrected chi connectivity index (χ3v) is 5.93. The highest BCUT2D eigenvalue weighted by molar-refractivity contribution is 7.92. The molecule has 2 aromatic rings. The van der Waals surface area contributed by atoms with Crippen molar-refractivity contribution in [2.24, 2.45) is 0 Å². The Morgan fingerprint density at radius 3 is 2.39 bits per heavy atom. The van der Waals surface area contributed by atoms with Gasteiger partial charge in [0, 0.05) is 6.07 Å². The van der Waals surface area contributed by atoms with Crippen LogP contribution in [0, 0.1) is 0 Å². The van der Waals surface area contributed by atoms with E-state index in [9.17, 15) is 13.2 Å². The van der Waals surface area contributed by atoms with Gasteiger partial charge in [0.05, 0.1) is 32.2 Å². The topological polar surface area (TPSA) is 103 Å². The van der Waals surface area contributed by atoms with Crippen LogP contribution < -0.4 is 28.6 Å². The number of amides is 1. The van der Waals surface area contributed by atoms with Gasteiger partial charge < -0.3 is 24.3 Å². The van der Waals surface area contributed by atoms with Crippen molar-refractivity contribution >= 4 is 21.6 Å². The van der Waals surface area contributed by atoms with E-state index in [0.29, 0.717) is 41.9 Å². The smallest absolute Gasteiger partial charge is 0.241 e. The maximum absolute atomic E-state index is 12.7. The number of ether oxygens (including phenoxy) is 4. The number of methoxy groups -OCH3 is 2. The van der Waals surface area contributed by atoms with Crippen molar-refractivity contribution in [3.63, 3.8) is 0 Å². The van der Waals surface area contributed by atoms with Gasteiger partial charge in [0.15, 0.2) is 23.0 Å². The quantitative estimate of drug-likeness (QED) is 0.657. The van der Waals surface area contributed by atoms with E-state index in [1.807, 2.05) is 0 Å². The molecule has 1 aliphatic rings. The first kappa shape index (κ1) is 22.5. The van der Waals surface area contributed by atoms with Crippen LogP contribution in [0.4, 0.5) is 5.69 Å². The van der Waals surface area contributed by atoms with Gasteiger partial charge in [-0.15, -0.1) is 0 Å². The van der Waals surface area contributed by atoms with Crippen molar-refractivity contribution in [1.82, 2.24) is 5.32 Å². The zero-order valence-corrected chi connectivity index (χ0v) is 18.7. The summed E-state index contributed by atoms with van der Waals surface area (Å²) in [4.78, 5) is 12.7. The normalized spacial score (nSPS) is 13.8. The van der Waals surface area contributed by atoms with Crippen molar-refractivity contribution in [3.8, 4) is 23.0 Å². The molecule has 0 bridgehead atoms. The van der Waals surface area contributed by atoms with E-state index in [-0.39, 0.29) is 12.6 Å². The van der Waals surface area contributed by atoms with Gasteiger partial charge in [0.1, 0.15) is 19.8 Å². The Hall–Kier alpha value is -3.14. The van der Waals surface area contributed by atoms with Gasteiger partial charge in [-0.2, -0.15) is 0 Å². The monoisotopic (exact) mass is 450 g/mol. The van der Waals surface area contributed by atoms with Crippen LogP contribution in [0.3, 0.4) is 0 Å². The minimum Gasteiger partial charge on any atom is -0.493 e. The van der Waals surface area contributed by atoms with E-state index in [0.717, 1.165) is 16.1 Å². The number of nitrogens with one attached hydrogen (secondary N) is 1. The van der Waals surface area contributed by atoms with Gasteiger partial charge in [-0.1, -0.05) is 6.07 Å². The van der Waals surface area contributed by atoms with Crippen LogP contribution in [0.5, 0.6) is 23.0 Å². The molecule has 31 heavy (non-hydrogen) atoms. The van der Waals surface area contributed by atoms with Crippen LogP contribution in [-0.4, -0.2) is 54.6 Å². The lowest BCUT2D eigenvalue weighted by molar-refractivity contribution is -0.120. The van der Waals surface area contributed by atoms with Gasteiger partial charge in [-0.25, -0.2) is 8.42 Å². The lowest BCUT2D eigenvalue weighted by Crippen LogP contribution is -2.41. The van der Waals surface area contributed by atoms with Crippen molar-refractivity contribution in [1.29, 1.82) is 0 Å². The first-order valence-corrected chi connectivity index (χ1v) is 11.5. The summed E-state index contributed by atoms with van der Waals surface area (Å²) >= 11 is 0. The standard InChI is InChI=1S/C21H26N2O7S/c1-14(15-5-7-17(27-2)19(11-15)28-3)22-21(24)13-23(31(4,25)26)16-6-8-18-20(12-16)30-10-9-29-18/h5-8,11-12,14H,9-10,13H2,1-4H3,(H,22,24)/t14-/m1/s1. The first-order chi connectivity index (χ1) is 14.7. The zero-order chi connectivity index (χ0) is 22.6. The van der Waals surface area contributed by atoms with Crippen LogP contribution in [0.15, 0.2) is 36.4 Å². The van der Waals surface area contributed by atoms with E-state index in [4.69, 9.17) is 18.9 Å². The van der Waals surface area contributed by atoms with Crippen LogP contribution in [0.2, 0.25) is 0 Å². The average Bonchev–Trinajstić information content (AvgIpc) is 2.75. The Morgan fingerprint density at radius 2 is 1.74 bits per heavy atom. The number of hydrogen-bond donors (Lipinski definition) is 1. The first-order valence-electron chi connectivity index (χ1n) is 9.61. The summed E-state index contributed by atoms with van der Waals surface area (Å²) in [5.41, 5.74) is 1.11. The highest BCUT2D eigenvalue weighted by atomic mass is 32.2. The van der Waals surface area contributed by atoms with Crippen LogP contribution in [0.25, 0.3) is 0 Å². The fourth-order valence-corrected chi connectivity index (χ4v) is 4.06. The molecule has 1 amide bonds. The second-order valence-electron chi connectivity index (χ2n) is 7.00. The fourth-order valence-electron chi connectivity index (χ4n) is 3.21. The summed E-state index contributed by atoms with van der Waals surface area (Å²) in [6, 6.07) is 9.70. The van der Waals surface area contributed by atoms with Crippen molar-refractivity contribution in [3.05, 3.63) is 42.0 Å². The molecule has 2 aromatic carbocycles. The second kappa shape index (κ2) is 9.34. The molecular formula is C21H26N2O7S. The molecule has 1 N–H and O–H groups in total. The van der Waals surface area contributed by atoms with Crippen LogP contribution >= 0.6 is 0 Å². The van der Waals surface area contributed by atoms with E-state index >= 15 is 0 Å². The number of rotatable bonds is 8. The number of nitrogens with zero attached hydrogens (tertiary/aromatic N) is 1. The molecule has 0 aromatic heterocycles. The number of carbonyl (C=O) groups is 1. The minimum atomic E-state index is -3.72. The molecule has 1 atom stereocenters. The predicted octanol–water partition coefficient (Wildman–Crippen LogP) is 2.12. The molecular weight excluding hydrogens is 424 g/mol. The van der Waals surface area contributed by atoms with Crippen molar-refractivity contribution in [2.45, 2.75) is 13.0 Å². The molecule has 0 fully saturated rings. The minimum absolute atomic E-state index is 0.320. The summed E-state index contributed by atoms with van der Waals surface area (Å²) < 4.78 is 47.3. The van der Waals surface area contributed by atoms with Gasteiger partial charge in [0.25, 0.3) is 0 Å². The third kappa shape index (κ3) is 5.32. The third-order valence-electron chi connectivity index (χ3n) is 4.79. The zero-order valence-electron chi connectivity index (χ0n) is 17.9. The number of anilines is 1. The van der Waals surface area contributed by atoms with Gasteiger partial charge >= 0.3 is 0 Å². The molecule has 9 nitrogen and oxygen atoms in total. The fraction of sp³-hybridized carbons (Fsp3) is 0.381. The summed E-state index contributed by atoms with van der Waals surface area (Å²) in [6.07, 6.45) is 1.05. The summed E-state index contributed by atoms with van der Waals surface area (Å²) in [7, 11) is -0.648. The Kier molecular flexibility index (Phi) is 6.79. The number of carbonyl (C=O) groups excluding carboxylic acids is 1. The summed E-state index contributed by atoms with van der Waals surface area (Å²) in [5, 5.41) is 2.82. The van der Waals surface area contributed by atoms with Crippen LogP contribution in [0.1, 0.15) is 18.5 Å². The van der Waals surface area contributed by atoms with E-state index in [1.165, 1.54) is 7.11 Å². The largest absolute Gasteiger partial charge is 0.493 e. The summed E-state index contributed by atoms with van der Waals surface area (Å²) in [6.45, 7) is 2.22. The Balaban J connectivity index is 1.76. The maximum Gasteiger partial charge on any atom is 0.241 e. The predicted molar refractivity (Wildman–Crippen MR) is 116 cm³/mol. The molecule has 0 aliphatic carbocycles. The van der Waals surface area contributed by atoms with E-state index in [1.54, 1.807) is 50.4 Å². The highest BCUT2D eigenvalue weighted by Gasteiger charge is 2.24. The van der Waals surface area contributed by atoms with E-state index < -0.39 is 15.9 Å². The lowest BCUT2D eigenvalue weighted by Gasteiger charge is -2.25. The molecule has 1 heterocycles. The molecule has 1 aliphatic heterocycles. The molecule has 0 spiro atoms. The molecule has 0 saturated carbocycles. The van der Waals surface area contributed by atoms with Gasteiger partial charge in [-0.05, 0) is 36.8 Å². The van der Waals surface area contributed by atoms with Gasteiger partial charge in [-0.3, -0.25) is 9.10 Å². The van der Waals surface area contributed by atoms with E-state index in [2.05, 4.69) is 5.32 Å². The number of sulfonamides is 1. The molecule has 0 radical (unpaired) electrons. The maximum atomic E-state index is 12.7. The number of benzene rings is 2. The second-order valence-corrected chi connectivity index (χ2v) is 8.91. The SMILES string of the molecule is COc1ccc([C@@H](C)NC(=O)CN(c2ccc3c(c2)OCCO3)S(C)(=O)=O)cc1OC. The highest BCUT2D eigenvalue weighted by Crippen LogP contribution is 2.35. The van der Waals surface area contributed by atoms with Crippen molar-refractivity contribution < 1.29 is 32.2 Å². The number of hydrogen-bond acceptors (Lipinski definition) is 7. The average molecular weight is 451 g/mol. The Bertz CT molecular complexity index is 1060. The Labute approximate surface area is 181 Å². The van der Waals surface area contributed by atoms with Gasteiger partial charge in [0.2, 0.25) is 15.9 Å². The van der Waals surface area contributed by atoms with Crippen molar-refractivity contribution in [2.75, 3.05) is 44.5 Å². The summed E-state index contributed by atoms with van der Waals surface area (Å²) in [5.74, 6) is 1.64. The molecule has 10 heteroatoms. The Morgan fingerprint density at radius 1 is 1.06 bits per heavy atom. The number of fused-ring (bicyclic) bond motifs is 1. The molecule has 0 saturated heterocycles. The molecule has 168 valence electrons.